The van der Waals surface area contributed by atoms with Crippen LogP contribution in [0.1, 0.15) is 26.5 Å². The highest BCUT2D eigenvalue weighted by atomic mass is 16.5. The summed E-state index contributed by atoms with van der Waals surface area (Å²) in [5, 5.41) is 2.85. The molecule has 0 spiro atoms. The minimum Gasteiger partial charge on any atom is -0.486 e. The molecule has 166 valence electrons. The van der Waals surface area contributed by atoms with Gasteiger partial charge in [0.05, 0.1) is 0 Å². The van der Waals surface area contributed by atoms with Crippen molar-refractivity contribution < 1.29 is 19.1 Å². The number of hydrogen-bond acceptors (Lipinski definition) is 5. The van der Waals surface area contributed by atoms with Crippen molar-refractivity contribution in [2.75, 3.05) is 5.32 Å². The second-order valence-corrected chi connectivity index (χ2v) is 7.24. The molecule has 33 heavy (non-hydrogen) atoms. The molecule has 0 aliphatic heterocycles. The van der Waals surface area contributed by atoms with Gasteiger partial charge in [-0.05, 0) is 72.8 Å². The molecule has 0 fully saturated rings. The molecule has 1 heterocycles. The van der Waals surface area contributed by atoms with Crippen LogP contribution in [0.15, 0.2) is 85.2 Å². The summed E-state index contributed by atoms with van der Waals surface area (Å²) in [6.07, 6.45) is 3.58. The first kappa shape index (κ1) is 21.6. The van der Waals surface area contributed by atoms with Gasteiger partial charge >= 0.3 is 0 Å². The highest BCUT2D eigenvalue weighted by Crippen LogP contribution is 2.23. The third-order valence-electron chi connectivity index (χ3n) is 4.89. The van der Waals surface area contributed by atoms with Crippen molar-refractivity contribution in [1.82, 2.24) is 9.55 Å². The maximum absolute atomic E-state index is 12.6. The van der Waals surface area contributed by atoms with Gasteiger partial charge in [-0.1, -0.05) is 0 Å². The SMILES string of the molecule is Cn1ccnc1COc1ccc(NC(=O)c2ccc(Oc3ccc(C(N)=O)cc3)cc2)cc1. The van der Waals surface area contributed by atoms with Crippen molar-refractivity contribution in [3.63, 3.8) is 0 Å². The van der Waals surface area contributed by atoms with E-state index in [0.717, 1.165) is 5.82 Å². The second-order valence-electron chi connectivity index (χ2n) is 7.24. The molecule has 0 bridgehead atoms. The minimum absolute atomic E-state index is 0.242. The van der Waals surface area contributed by atoms with E-state index in [1.54, 1.807) is 79.0 Å². The second kappa shape index (κ2) is 9.69. The maximum Gasteiger partial charge on any atom is 0.255 e. The fraction of sp³-hybridized carbons (Fsp3) is 0.0800. The molecule has 2 amide bonds. The number of aromatic nitrogens is 2. The topological polar surface area (TPSA) is 108 Å². The summed E-state index contributed by atoms with van der Waals surface area (Å²) in [6.45, 7) is 0.360. The number of nitrogens with one attached hydrogen (secondary N) is 1. The fourth-order valence-corrected chi connectivity index (χ4v) is 3.02. The lowest BCUT2D eigenvalue weighted by Gasteiger charge is -2.09. The largest absolute Gasteiger partial charge is 0.486 e. The standard InChI is InChI=1S/C25H22N4O4/c1-29-15-14-27-23(29)16-32-20-12-6-19(7-13-20)28-25(31)18-4-10-22(11-5-18)33-21-8-2-17(3-9-21)24(26)30/h2-15H,16H2,1H3,(H2,26,30)(H,28,31). The van der Waals surface area contributed by atoms with Crippen molar-refractivity contribution in [3.8, 4) is 17.2 Å². The van der Waals surface area contributed by atoms with E-state index in [0.29, 0.717) is 40.7 Å². The number of nitrogens with two attached hydrogens (primary N) is 1. The van der Waals surface area contributed by atoms with Crippen LogP contribution in [-0.4, -0.2) is 21.4 Å². The van der Waals surface area contributed by atoms with Gasteiger partial charge in [0.2, 0.25) is 5.91 Å². The molecule has 0 saturated heterocycles. The molecule has 8 nitrogen and oxygen atoms in total. The zero-order valence-electron chi connectivity index (χ0n) is 17.9. The van der Waals surface area contributed by atoms with Crippen LogP contribution in [0.3, 0.4) is 0 Å². The zero-order chi connectivity index (χ0) is 23.2. The van der Waals surface area contributed by atoms with Gasteiger partial charge in [-0.3, -0.25) is 9.59 Å². The Morgan fingerprint density at radius 2 is 1.45 bits per heavy atom. The molecular weight excluding hydrogens is 420 g/mol. The summed E-state index contributed by atoms with van der Waals surface area (Å²) in [4.78, 5) is 27.9. The number of carbonyl (C=O) groups is 2. The molecule has 0 radical (unpaired) electrons. The summed E-state index contributed by atoms with van der Waals surface area (Å²) in [7, 11) is 1.91. The monoisotopic (exact) mass is 442 g/mol. The summed E-state index contributed by atoms with van der Waals surface area (Å²) < 4.78 is 13.3. The first-order chi connectivity index (χ1) is 16.0. The van der Waals surface area contributed by atoms with Crippen LogP contribution in [0.4, 0.5) is 5.69 Å². The number of carbonyl (C=O) groups excluding carboxylic acids is 2. The van der Waals surface area contributed by atoms with E-state index < -0.39 is 5.91 Å². The van der Waals surface area contributed by atoms with Crippen LogP contribution in [0.2, 0.25) is 0 Å². The van der Waals surface area contributed by atoms with E-state index in [9.17, 15) is 9.59 Å². The molecule has 0 atom stereocenters. The first-order valence-corrected chi connectivity index (χ1v) is 10.2. The number of primary amides is 1. The highest BCUT2D eigenvalue weighted by Gasteiger charge is 2.08. The molecule has 3 N–H and O–H groups in total. The molecule has 8 heteroatoms. The molecule has 4 aromatic rings. The van der Waals surface area contributed by atoms with Crippen molar-refractivity contribution in [1.29, 1.82) is 0 Å². The Labute approximate surface area is 190 Å². The Balaban J connectivity index is 1.31. The third kappa shape index (κ3) is 5.56. The van der Waals surface area contributed by atoms with Crippen LogP contribution < -0.4 is 20.5 Å². The van der Waals surface area contributed by atoms with E-state index in [4.69, 9.17) is 15.2 Å². The number of aryl methyl sites for hydroxylation is 1. The van der Waals surface area contributed by atoms with Gasteiger partial charge in [0.1, 0.15) is 29.7 Å². The van der Waals surface area contributed by atoms with Gasteiger partial charge in [0.15, 0.2) is 0 Å². The Morgan fingerprint density at radius 3 is 2.00 bits per heavy atom. The highest BCUT2D eigenvalue weighted by molar-refractivity contribution is 6.04. The number of anilines is 1. The normalized spacial score (nSPS) is 10.5. The van der Waals surface area contributed by atoms with Gasteiger partial charge in [-0.15, -0.1) is 0 Å². The predicted molar refractivity (Wildman–Crippen MR) is 123 cm³/mol. The summed E-state index contributed by atoms with van der Waals surface area (Å²) in [6, 6.07) is 20.4. The van der Waals surface area contributed by atoms with Crippen LogP contribution in [0.25, 0.3) is 0 Å². The summed E-state index contributed by atoms with van der Waals surface area (Å²) >= 11 is 0. The minimum atomic E-state index is -0.497. The fourth-order valence-electron chi connectivity index (χ4n) is 3.02. The molecule has 0 unspecified atom stereocenters. The van der Waals surface area contributed by atoms with Crippen LogP contribution in [0.5, 0.6) is 17.2 Å². The lowest BCUT2D eigenvalue weighted by atomic mass is 10.2. The number of hydrogen-bond donors (Lipinski definition) is 2. The Bertz CT molecular complexity index is 1250. The Morgan fingerprint density at radius 1 is 0.879 bits per heavy atom. The number of rotatable bonds is 8. The molecule has 0 aliphatic rings. The van der Waals surface area contributed by atoms with E-state index >= 15 is 0 Å². The molecular formula is C25H22N4O4. The summed E-state index contributed by atoms with van der Waals surface area (Å²) in [5.74, 6) is 1.89. The molecule has 1 aromatic heterocycles. The van der Waals surface area contributed by atoms with Crippen molar-refractivity contribution in [3.05, 3.63) is 102 Å². The Kier molecular flexibility index (Phi) is 6.36. The number of amides is 2. The van der Waals surface area contributed by atoms with Crippen LogP contribution >= 0.6 is 0 Å². The smallest absolute Gasteiger partial charge is 0.255 e. The van der Waals surface area contributed by atoms with Crippen molar-refractivity contribution in [2.24, 2.45) is 12.8 Å². The lowest BCUT2D eigenvalue weighted by Crippen LogP contribution is -2.11. The predicted octanol–water partition coefficient (Wildman–Crippen LogP) is 4.14. The number of ether oxygens (including phenoxy) is 2. The van der Waals surface area contributed by atoms with Crippen molar-refractivity contribution in [2.45, 2.75) is 6.61 Å². The van der Waals surface area contributed by atoms with Gasteiger partial charge in [-0.2, -0.15) is 0 Å². The maximum atomic E-state index is 12.6. The summed E-state index contributed by atoms with van der Waals surface area (Å²) in [5.41, 5.74) is 6.78. The Hall–Kier alpha value is -4.59. The van der Waals surface area contributed by atoms with Crippen molar-refractivity contribution >= 4 is 17.5 Å². The van der Waals surface area contributed by atoms with Gasteiger partial charge in [0.25, 0.3) is 5.91 Å². The zero-order valence-corrected chi connectivity index (χ0v) is 17.9. The average Bonchev–Trinajstić information content (AvgIpc) is 3.24. The molecule has 0 saturated carbocycles. The lowest BCUT2D eigenvalue weighted by molar-refractivity contribution is 0.0997. The van der Waals surface area contributed by atoms with E-state index in [1.165, 1.54) is 0 Å². The number of benzene rings is 3. The quantitative estimate of drug-likeness (QED) is 0.426. The van der Waals surface area contributed by atoms with E-state index in [1.807, 2.05) is 17.8 Å². The third-order valence-corrected chi connectivity index (χ3v) is 4.89. The van der Waals surface area contributed by atoms with Gasteiger partial charge in [-0.25, -0.2) is 4.98 Å². The number of imidazole rings is 1. The molecule has 3 aromatic carbocycles. The van der Waals surface area contributed by atoms with Gasteiger partial charge < -0.3 is 25.1 Å². The van der Waals surface area contributed by atoms with E-state index in [-0.39, 0.29) is 5.91 Å². The van der Waals surface area contributed by atoms with Crippen LogP contribution in [0, 0.1) is 0 Å². The molecule has 0 aliphatic carbocycles. The van der Waals surface area contributed by atoms with E-state index in [2.05, 4.69) is 10.3 Å². The average molecular weight is 442 g/mol. The van der Waals surface area contributed by atoms with Gasteiger partial charge in [0, 0.05) is 36.3 Å². The van der Waals surface area contributed by atoms with Crippen LogP contribution in [-0.2, 0) is 13.7 Å². The molecule has 4 rings (SSSR count). The first-order valence-electron chi connectivity index (χ1n) is 10.2. The number of nitrogens with zero attached hydrogens (tertiary/aromatic N) is 2.